The van der Waals surface area contributed by atoms with Gasteiger partial charge in [0.25, 0.3) is 0 Å². The first-order valence-corrected chi connectivity index (χ1v) is 7.52. The summed E-state index contributed by atoms with van der Waals surface area (Å²) >= 11 is 0. The van der Waals surface area contributed by atoms with E-state index < -0.39 is 0 Å². The SMILES string of the molecule is Cc1cc(CNC(=O)C(C(C)C)N2CCCCC2)on1. The Morgan fingerprint density at radius 3 is 2.65 bits per heavy atom. The molecule has 5 heteroatoms. The summed E-state index contributed by atoms with van der Waals surface area (Å²) in [6.45, 7) is 8.56. The zero-order chi connectivity index (χ0) is 14.5. The van der Waals surface area contributed by atoms with E-state index in [1.54, 1.807) is 0 Å². The second kappa shape index (κ2) is 6.88. The quantitative estimate of drug-likeness (QED) is 0.897. The molecule has 1 atom stereocenters. The number of amides is 1. The summed E-state index contributed by atoms with van der Waals surface area (Å²) in [5.74, 6) is 1.11. The number of nitrogens with zero attached hydrogens (tertiary/aromatic N) is 2. The van der Waals surface area contributed by atoms with Crippen LogP contribution in [0, 0.1) is 12.8 Å². The van der Waals surface area contributed by atoms with Crippen molar-refractivity contribution in [2.24, 2.45) is 5.92 Å². The first-order valence-electron chi connectivity index (χ1n) is 7.52. The molecular formula is C15H25N3O2. The van der Waals surface area contributed by atoms with E-state index in [0.717, 1.165) is 18.8 Å². The van der Waals surface area contributed by atoms with Gasteiger partial charge in [0.05, 0.1) is 18.3 Å². The third-order valence-corrected chi connectivity index (χ3v) is 3.80. The third-order valence-electron chi connectivity index (χ3n) is 3.80. The van der Waals surface area contributed by atoms with Crippen molar-refractivity contribution in [2.75, 3.05) is 13.1 Å². The van der Waals surface area contributed by atoms with Crippen molar-refractivity contribution in [3.63, 3.8) is 0 Å². The molecule has 5 nitrogen and oxygen atoms in total. The molecule has 0 radical (unpaired) electrons. The molecule has 0 bridgehead atoms. The molecule has 1 saturated heterocycles. The maximum absolute atomic E-state index is 12.4. The minimum Gasteiger partial charge on any atom is -0.359 e. The summed E-state index contributed by atoms with van der Waals surface area (Å²) in [6, 6.07) is 1.81. The number of hydrogen-bond acceptors (Lipinski definition) is 4. The number of rotatable bonds is 5. The van der Waals surface area contributed by atoms with Gasteiger partial charge in [-0.3, -0.25) is 9.69 Å². The van der Waals surface area contributed by atoms with Crippen molar-refractivity contribution < 1.29 is 9.32 Å². The molecule has 1 aromatic heterocycles. The Morgan fingerprint density at radius 1 is 1.40 bits per heavy atom. The number of carbonyl (C=O) groups is 1. The van der Waals surface area contributed by atoms with E-state index in [2.05, 4.69) is 29.2 Å². The van der Waals surface area contributed by atoms with Gasteiger partial charge in [0.2, 0.25) is 5.91 Å². The number of piperidine rings is 1. The summed E-state index contributed by atoms with van der Waals surface area (Å²) in [5, 5.41) is 6.80. The van der Waals surface area contributed by atoms with Crippen molar-refractivity contribution in [2.45, 2.75) is 52.6 Å². The average molecular weight is 279 g/mol. The lowest BCUT2D eigenvalue weighted by Crippen LogP contribution is -2.51. The van der Waals surface area contributed by atoms with Crippen LogP contribution in [0.2, 0.25) is 0 Å². The molecule has 1 unspecified atom stereocenters. The van der Waals surface area contributed by atoms with Crippen LogP contribution < -0.4 is 5.32 Å². The molecule has 1 fully saturated rings. The number of hydrogen-bond donors (Lipinski definition) is 1. The lowest BCUT2D eigenvalue weighted by molar-refractivity contribution is -0.128. The van der Waals surface area contributed by atoms with Gasteiger partial charge in [-0.1, -0.05) is 25.4 Å². The van der Waals surface area contributed by atoms with E-state index in [9.17, 15) is 4.79 Å². The fraction of sp³-hybridized carbons (Fsp3) is 0.733. The predicted octanol–water partition coefficient (Wildman–Crippen LogP) is 2.11. The molecule has 1 aromatic rings. The molecule has 0 aliphatic carbocycles. The number of aryl methyl sites for hydroxylation is 1. The molecule has 1 aliphatic heterocycles. The Labute approximate surface area is 120 Å². The van der Waals surface area contributed by atoms with E-state index in [1.165, 1.54) is 19.3 Å². The number of aromatic nitrogens is 1. The van der Waals surface area contributed by atoms with E-state index in [4.69, 9.17) is 4.52 Å². The molecule has 1 N–H and O–H groups in total. The Bertz CT molecular complexity index is 436. The second-order valence-corrected chi connectivity index (χ2v) is 5.94. The van der Waals surface area contributed by atoms with Crippen LogP contribution in [0.15, 0.2) is 10.6 Å². The first-order chi connectivity index (χ1) is 9.58. The number of nitrogens with one attached hydrogen (secondary N) is 1. The highest BCUT2D eigenvalue weighted by Crippen LogP contribution is 2.18. The van der Waals surface area contributed by atoms with Crippen LogP contribution in [-0.4, -0.2) is 35.1 Å². The van der Waals surface area contributed by atoms with Crippen LogP contribution >= 0.6 is 0 Å². The van der Waals surface area contributed by atoms with E-state index in [0.29, 0.717) is 18.2 Å². The fourth-order valence-corrected chi connectivity index (χ4v) is 2.87. The lowest BCUT2D eigenvalue weighted by Gasteiger charge is -2.35. The Hall–Kier alpha value is -1.36. The van der Waals surface area contributed by atoms with E-state index >= 15 is 0 Å². The van der Waals surface area contributed by atoms with Crippen molar-refractivity contribution in [1.82, 2.24) is 15.4 Å². The molecule has 2 heterocycles. The fourth-order valence-electron chi connectivity index (χ4n) is 2.87. The van der Waals surface area contributed by atoms with Crippen LogP contribution in [0.4, 0.5) is 0 Å². The molecule has 20 heavy (non-hydrogen) atoms. The smallest absolute Gasteiger partial charge is 0.238 e. The minimum atomic E-state index is -0.0423. The van der Waals surface area contributed by atoms with Gasteiger partial charge >= 0.3 is 0 Å². The standard InChI is InChI=1S/C15H25N3O2/c1-11(2)14(18-7-5-4-6-8-18)15(19)16-10-13-9-12(3)17-20-13/h9,11,14H,4-8,10H2,1-3H3,(H,16,19). The molecular weight excluding hydrogens is 254 g/mol. The van der Waals surface area contributed by atoms with Crippen molar-refractivity contribution in [1.29, 1.82) is 0 Å². The summed E-state index contributed by atoms with van der Waals surface area (Å²) in [4.78, 5) is 14.8. The van der Waals surface area contributed by atoms with Gasteiger partial charge in [-0.05, 0) is 38.8 Å². The molecule has 1 amide bonds. The highest BCUT2D eigenvalue weighted by molar-refractivity contribution is 5.82. The van der Waals surface area contributed by atoms with Crippen molar-refractivity contribution in [3.05, 3.63) is 17.5 Å². The predicted molar refractivity (Wildman–Crippen MR) is 77.1 cm³/mol. The largest absolute Gasteiger partial charge is 0.359 e. The highest BCUT2D eigenvalue weighted by Gasteiger charge is 2.29. The Balaban J connectivity index is 1.92. The zero-order valence-corrected chi connectivity index (χ0v) is 12.7. The minimum absolute atomic E-state index is 0.0423. The van der Waals surface area contributed by atoms with Gasteiger partial charge in [-0.2, -0.15) is 0 Å². The Kier molecular flexibility index (Phi) is 5.17. The van der Waals surface area contributed by atoms with Crippen molar-refractivity contribution >= 4 is 5.91 Å². The van der Waals surface area contributed by atoms with Gasteiger partial charge in [-0.25, -0.2) is 0 Å². The molecule has 0 saturated carbocycles. The molecule has 2 rings (SSSR count). The average Bonchev–Trinajstić information content (AvgIpc) is 2.83. The van der Waals surface area contributed by atoms with Crippen LogP contribution in [0.5, 0.6) is 0 Å². The number of carbonyl (C=O) groups excluding carboxylic acids is 1. The Morgan fingerprint density at radius 2 is 2.10 bits per heavy atom. The summed E-state index contributed by atoms with van der Waals surface area (Å²) in [6.07, 6.45) is 3.66. The van der Waals surface area contributed by atoms with Gasteiger partial charge in [0.1, 0.15) is 0 Å². The first kappa shape index (κ1) is 15.0. The monoisotopic (exact) mass is 279 g/mol. The lowest BCUT2D eigenvalue weighted by atomic mass is 9.98. The van der Waals surface area contributed by atoms with Gasteiger partial charge in [0.15, 0.2) is 5.76 Å². The number of likely N-dealkylation sites (tertiary alicyclic amines) is 1. The summed E-state index contributed by atoms with van der Waals surface area (Å²) in [7, 11) is 0. The molecule has 0 aromatic carbocycles. The highest BCUT2D eigenvalue weighted by atomic mass is 16.5. The van der Waals surface area contributed by atoms with Crippen LogP contribution in [0.25, 0.3) is 0 Å². The zero-order valence-electron chi connectivity index (χ0n) is 12.7. The summed E-state index contributed by atoms with van der Waals surface area (Å²) < 4.78 is 5.12. The normalized spacial score (nSPS) is 18.2. The third kappa shape index (κ3) is 3.82. The van der Waals surface area contributed by atoms with E-state index in [1.807, 2.05) is 13.0 Å². The van der Waals surface area contributed by atoms with Gasteiger partial charge in [-0.15, -0.1) is 0 Å². The summed E-state index contributed by atoms with van der Waals surface area (Å²) in [5.41, 5.74) is 0.839. The van der Waals surface area contributed by atoms with Crippen molar-refractivity contribution in [3.8, 4) is 0 Å². The van der Waals surface area contributed by atoms with E-state index in [-0.39, 0.29) is 11.9 Å². The van der Waals surface area contributed by atoms with Gasteiger partial charge in [0, 0.05) is 6.07 Å². The van der Waals surface area contributed by atoms with Gasteiger partial charge < -0.3 is 9.84 Å². The maximum Gasteiger partial charge on any atom is 0.238 e. The molecule has 0 spiro atoms. The molecule has 112 valence electrons. The molecule has 1 aliphatic rings. The van der Waals surface area contributed by atoms with Crippen LogP contribution in [-0.2, 0) is 11.3 Å². The van der Waals surface area contributed by atoms with Crippen LogP contribution in [0.1, 0.15) is 44.6 Å². The maximum atomic E-state index is 12.4. The van der Waals surface area contributed by atoms with Crippen LogP contribution in [0.3, 0.4) is 0 Å². The second-order valence-electron chi connectivity index (χ2n) is 5.94. The topological polar surface area (TPSA) is 58.4 Å².